The zero-order chi connectivity index (χ0) is 12.5. The van der Waals surface area contributed by atoms with Crippen LogP contribution in [0.25, 0.3) is 11.0 Å². The number of carboxylic acid groups (broad SMARTS) is 1. The lowest BCUT2D eigenvalue weighted by molar-refractivity contribution is 0.0697. The summed E-state index contributed by atoms with van der Waals surface area (Å²) in [5.74, 6) is -0.459. The lowest BCUT2D eigenvalue weighted by Gasteiger charge is -2.01. The summed E-state index contributed by atoms with van der Waals surface area (Å²) in [7, 11) is 0. The Morgan fingerprint density at radius 3 is 3.00 bits per heavy atom. The monoisotopic (exact) mass is 244 g/mol. The van der Waals surface area contributed by atoms with E-state index in [4.69, 9.17) is 5.11 Å². The first-order valence-corrected chi connectivity index (χ1v) is 5.17. The van der Waals surface area contributed by atoms with E-state index in [2.05, 4.69) is 19.6 Å². The maximum atomic E-state index is 10.9. The molecule has 0 unspecified atom stereocenters. The first-order valence-electron chi connectivity index (χ1n) is 5.17. The smallest absolute Gasteiger partial charge is 0.335 e. The highest BCUT2D eigenvalue weighted by atomic mass is 16.5. The summed E-state index contributed by atoms with van der Waals surface area (Å²) in [5.41, 5.74) is 1.67. The van der Waals surface area contributed by atoms with Crippen LogP contribution in [0.1, 0.15) is 16.2 Å². The summed E-state index contributed by atoms with van der Waals surface area (Å²) in [6, 6.07) is 4.77. The fourth-order valence-electron chi connectivity index (χ4n) is 1.73. The molecule has 0 fully saturated rings. The van der Waals surface area contributed by atoms with Crippen LogP contribution in [0.3, 0.4) is 0 Å². The number of hydrogen-bond donors (Lipinski definition) is 1. The number of rotatable bonds is 3. The number of hydrogen-bond acceptors (Lipinski definition) is 5. The van der Waals surface area contributed by atoms with Crippen molar-refractivity contribution in [3.8, 4) is 0 Å². The first-order chi connectivity index (χ1) is 8.74. The van der Waals surface area contributed by atoms with Crippen molar-refractivity contribution in [1.82, 2.24) is 19.7 Å². The molecule has 2 aromatic heterocycles. The van der Waals surface area contributed by atoms with Crippen LogP contribution in [-0.4, -0.2) is 30.8 Å². The highest BCUT2D eigenvalue weighted by molar-refractivity contribution is 5.92. The van der Waals surface area contributed by atoms with Crippen LogP contribution in [0, 0.1) is 0 Å². The molecule has 0 atom stereocenters. The Labute approximate surface area is 101 Å². The average molecular weight is 244 g/mol. The van der Waals surface area contributed by atoms with Crippen LogP contribution < -0.4 is 0 Å². The van der Waals surface area contributed by atoms with Crippen molar-refractivity contribution < 1.29 is 14.4 Å². The molecule has 2 heterocycles. The molecule has 0 aliphatic heterocycles. The molecule has 0 amide bonds. The molecule has 0 saturated heterocycles. The zero-order valence-corrected chi connectivity index (χ0v) is 9.15. The molecule has 7 nitrogen and oxygen atoms in total. The van der Waals surface area contributed by atoms with Crippen molar-refractivity contribution in [2.45, 2.75) is 6.54 Å². The molecular weight excluding hydrogens is 236 g/mol. The maximum absolute atomic E-state index is 10.9. The third-order valence-electron chi connectivity index (χ3n) is 2.59. The molecule has 0 aliphatic rings. The molecule has 3 rings (SSSR count). The second-order valence-corrected chi connectivity index (χ2v) is 3.73. The van der Waals surface area contributed by atoms with Crippen molar-refractivity contribution in [2.24, 2.45) is 0 Å². The van der Waals surface area contributed by atoms with Gasteiger partial charge in [0.1, 0.15) is 0 Å². The molecule has 1 N–H and O–H groups in total. The molecule has 7 heteroatoms. The highest BCUT2D eigenvalue weighted by Crippen LogP contribution is 2.15. The van der Waals surface area contributed by atoms with Gasteiger partial charge in [0.15, 0.2) is 5.82 Å². The fraction of sp³-hybridized carbons (Fsp3) is 0.0909. The minimum atomic E-state index is -0.968. The molecule has 0 radical (unpaired) electrons. The van der Waals surface area contributed by atoms with Crippen molar-refractivity contribution in [3.63, 3.8) is 0 Å². The van der Waals surface area contributed by atoms with Crippen LogP contribution in [0.5, 0.6) is 0 Å². The number of nitrogens with zero attached hydrogens (tertiary/aromatic N) is 4. The van der Waals surface area contributed by atoms with E-state index >= 15 is 0 Å². The minimum Gasteiger partial charge on any atom is -0.478 e. The Morgan fingerprint density at radius 2 is 2.28 bits per heavy atom. The number of aromatic nitrogens is 4. The van der Waals surface area contributed by atoms with Crippen molar-refractivity contribution in [2.75, 3.05) is 0 Å². The van der Waals surface area contributed by atoms with E-state index in [9.17, 15) is 4.79 Å². The van der Waals surface area contributed by atoms with Gasteiger partial charge >= 0.3 is 5.97 Å². The van der Waals surface area contributed by atoms with E-state index < -0.39 is 5.97 Å². The van der Waals surface area contributed by atoms with Crippen LogP contribution in [0.4, 0.5) is 0 Å². The summed E-state index contributed by atoms with van der Waals surface area (Å²) < 4.78 is 6.42. The second kappa shape index (κ2) is 3.95. The molecule has 0 bridgehead atoms. The number of carboxylic acids is 1. The van der Waals surface area contributed by atoms with Gasteiger partial charge in [-0.05, 0) is 18.2 Å². The van der Waals surface area contributed by atoms with Gasteiger partial charge in [0, 0.05) is 0 Å². The predicted molar refractivity (Wildman–Crippen MR) is 60.1 cm³/mol. The SMILES string of the molecule is O=C(O)c1ccc2ncn(Cc3ncon3)c2c1. The van der Waals surface area contributed by atoms with E-state index in [-0.39, 0.29) is 5.56 Å². The number of carbonyl (C=O) groups is 1. The molecule has 18 heavy (non-hydrogen) atoms. The van der Waals surface area contributed by atoms with E-state index in [1.807, 2.05) is 0 Å². The van der Waals surface area contributed by atoms with Crippen molar-refractivity contribution in [1.29, 1.82) is 0 Å². The largest absolute Gasteiger partial charge is 0.478 e. The van der Waals surface area contributed by atoms with Gasteiger partial charge in [-0.25, -0.2) is 9.78 Å². The summed E-state index contributed by atoms with van der Waals surface area (Å²) in [4.78, 5) is 19.0. The third-order valence-corrected chi connectivity index (χ3v) is 2.59. The lowest BCUT2D eigenvalue weighted by atomic mass is 10.2. The summed E-state index contributed by atoms with van der Waals surface area (Å²) in [6.45, 7) is 0.385. The molecule has 1 aromatic carbocycles. The topological polar surface area (TPSA) is 94.0 Å². The summed E-state index contributed by atoms with van der Waals surface area (Å²) >= 11 is 0. The van der Waals surface area contributed by atoms with Gasteiger partial charge in [-0.15, -0.1) is 0 Å². The van der Waals surface area contributed by atoms with Gasteiger partial charge in [0.25, 0.3) is 0 Å². The third kappa shape index (κ3) is 1.71. The molecule has 3 aromatic rings. The van der Waals surface area contributed by atoms with Gasteiger partial charge in [0.2, 0.25) is 6.39 Å². The quantitative estimate of drug-likeness (QED) is 0.743. The molecule has 0 saturated carbocycles. The van der Waals surface area contributed by atoms with Crippen molar-refractivity contribution >= 4 is 17.0 Å². The standard InChI is InChI=1S/C11H8N4O3/c16-11(17)7-1-2-8-9(3-7)15(5-12-8)4-10-13-6-18-14-10/h1-3,5-6H,4H2,(H,16,17). The van der Waals surface area contributed by atoms with Crippen molar-refractivity contribution in [3.05, 3.63) is 42.3 Å². The van der Waals surface area contributed by atoms with Crippen LogP contribution in [0.15, 0.2) is 35.4 Å². The number of aromatic carboxylic acids is 1. The van der Waals surface area contributed by atoms with Gasteiger partial charge in [-0.2, -0.15) is 4.98 Å². The Hall–Kier alpha value is -2.70. The van der Waals surface area contributed by atoms with Crippen LogP contribution >= 0.6 is 0 Å². The Kier molecular flexibility index (Phi) is 2.30. The van der Waals surface area contributed by atoms with E-state index in [0.717, 1.165) is 11.0 Å². The molecule has 90 valence electrons. The fourth-order valence-corrected chi connectivity index (χ4v) is 1.73. The lowest BCUT2D eigenvalue weighted by Crippen LogP contribution is -2.01. The Morgan fingerprint density at radius 1 is 1.39 bits per heavy atom. The maximum Gasteiger partial charge on any atom is 0.335 e. The Balaban J connectivity index is 2.06. The first kappa shape index (κ1) is 10.5. The van der Waals surface area contributed by atoms with Gasteiger partial charge in [-0.1, -0.05) is 5.16 Å². The summed E-state index contributed by atoms with van der Waals surface area (Å²) in [5, 5.41) is 12.7. The van der Waals surface area contributed by atoms with Gasteiger partial charge < -0.3 is 14.2 Å². The van der Waals surface area contributed by atoms with Crippen LogP contribution in [0.2, 0.25) is 0 Å². The molecular formula is C11H8N4O3. The normalized spacial score (nSPS) is 10.9. The van der Waals surface area contributed by atoms with E-state index in [1.54, 1.807) is 23.0 Å². The average Bonchev–Trinajstić information content (AvgIpc) is 2.99. The number of imidazole rings is 1. The van der Waals surface area contributed by atoms with Gasteiger partial charge in [0.05, 0.1) is 29.5 Å². The molecule has 0 spiro atoms. The number of fused-ring (bicyclic) bond motifs is 1. The second-order valence-electron chi connectivity index (χ2n) is 3.73. The molecule has 0 aliphatic carbocycles. The number of benzene rings is 1. The highest BCUT2D eigenvalue weighted by Gasteiger charge is 2.09. The van der Waals surface area contributed by atoms with Crippen LogP contribution in [-0.2, 0) is 6.54 Å². The van der Waals surface area contributed by atoms with E-state index in [0.29, 0.717) is 12.4 Å². The van der Waals surface area contributed by atoms with E-state index in [1.165, 1.54) is 12.5 Å². The zero-order valence-electron chi connectivity index (χ0n) is 9.15. The predicted octanol–water partition coefficient (Wildman–Crippen LogP) is 1.17. The summed E-state index contributed by atoms with van der Waals surface area (Å²) in [6.07, 6.45) is 2.86. The Bertz CT molecular complexity index is 702. The van der Waals surface area contributed by atoms with Gasteiger partial charge in [-0.3, -0.25) is 0 Å². The minimum absolute atomic E-state index is 0.220.